The summed E-state index contributed by atoms with van der Waals surface area (Å²) in [7, 11) is -3.72. The molecule has 2 N–H and O–H groups in total. The molecule has 1 aromatic carbocycles. The topological polar surface area (TPSA) is 109 Å². The van der Waals surface area contributed by atoms with Crippen molar-refractivity contribution in [3.8, 4) is 0 Å². The molecule has 10 heteroatoms. The van der Waals surface area contributed by atoms with Crippen LogP contribution >= 0.6 is 23.1 Å². The molecule has 0 atom stereocenters. The fourth-order valence-electron chi connectivity index (χ4n) is 1.39. The maximum atomic E-state index is 12.2. The number of carbonyl (C=O) groups is 1. The highest BCUT2D eigenvalue weighted by molar-refractivity contribution is 8.01. The molecular weight excluding hydrogens is 334 g/mol. The Kier molecular flexibility index (Phi) is 4.80. The highest BCUT2D eigenvalue weighted by Gasteiger charge is 2.17. The Morgan fingerprint density at radius 3 is 2.86 bits per heavy atom. The van der Waals surface area contributed by atoms with Crippen molar-refractivity contribution in [2.75, 3.05) is 10.5 Å². The molecule has 7 nitrogen and oxygen atoms in total. The summed E-state index contributed by atoms with van der Waals surface area (Å²) in [5.74, 6) is -1.13. The lowest BCUT2D eigenvalue weighted by atomic mass is 10.2. The van der Waals surface area contributed by atoms with Crippen LogP contribution in [-0.2, 0) is 14.8 Å². The van der Waals surface area contributed by atoms with E-state index in [4.69, 9.17) is 5.11 Å². The van der Waals surface area contributed by atoms with Crippen LogP contribution in [0.5, 0.6) is 0 Å². The van der Waals surface area contributed by atoms with Crippen molar-refractivity contribution in [2.24, 2.45) is 0 Å². The van der Waals surface area contributed by atoms with Crippen molar-refractivity contribution < 1.29 is 18.3 Å². The summed E-state index contributed by atoms with van der Waals surface area (Å²) in [5, 5.41) is 16.1. The zero-order valence-corrected chi connectivity index (χ0v) is 13.3. The molecule has 0 bridgehead atoms. The molecule has 2 aromatic rings. The number of hydrogen-bond acceptors (Lipinski definition) is 7. The minimum atomic E-state index is -3.72. The minimum absolute atomic E-state index is 0.101. The summed E-state index contributed by atoms with van der Waals surface area (Å²) in [6.45, 7) is 1.80. The molecule has 2 rings (SSSR count). The van der Waals surface area contributed by atoms with Gasteiger partial charge < -0.3 is 5.11 Å². The van der Waals surface area contributed by atoms with Crippen LogP contribution in [0.2, 0.25) is 0 Å². The van der Waals surface area contributed by atoms with Crippen molar-refractivity contribution in [3.05, 3.63) is 29.8 Å². The van der Waals surface area contributed by atoms with E-state index in [2.05, 4.69) is 14.9 Å². The maximum absolute atomic E-state index is 12.2. The molecule has 0 fully saturated rings. The van der Waals surface area contributed by atoms with E-state index in [1.807, 2.05) is 0 Å². The second-order valence-corrected chi connectivity index (χ2v) is 7.86. The Balaban J connectivity index is 2.12. The summed E-state index contributed by atoms with van der Waals surface area (Å²) in [4.78, 5) is 10.6. The lowest BCUT2D eigenvalue weighted by Gasteiger charge is -2.04. The summed E-state index contributed by atoms with van der Waals surface area (Å²) in [5.41, 5.74) is 0.827. The van der Waals surface area contributed by atoms with Crippen LogP contribution in [0, 0.1) is 6.92 Å². The molecule has 0 aliphatic heterocycles. The minimum Gasteiger partial charge on any atom is -0.481 e. The highest BCUT2D eigenvalue weighted by Crippen LogP contribution is 2.27. The van der Waals surface area contributed by atoms with Gasteiger partial charge in [0.05, 0.1) is 10.6 Å². The van der Waals surface area contributed by atoms with Crippen LogP contribution < -0.4 is 4.72 Å². The van der Waals surface area contributed by atoms with Crippen LogP contribution in [0.25, 0.3) is 0 Å². The molecule has 1 heterocycles. The molecule has 0 aliphatic carbocycles. The van der Waals surface area contributed by atoms with Crippen molar-refractivity contribution in [2.45, 2.75) is 16.2 Å². The Morgan fingerprint density at radius 1 is 1.43 bits per heavy atom. The van der Waals surface area contributed by atoms with Crippen LogP contribution in [0.3, 0.4) is 0 Å². The van der Waals surface area contributed by atoms with Crippen LogP contribution in [-0.4, -0.2) is 35.4 Å². The van der Waals surface area contributed by atoms with E-state index in [-0.39, 0.29) is 15.8 Å². The average Bonchev–Trinajstić information content (AvgIpc) is 2.83. The molecule has 1 aromatic heterocycles. The van der Waals surface area contributed by atoms with E-state index in [0.717, 1.165) is 28.7 Å². The van der Waals surface area contributed by atoms with Crippen LogP contribution in [0.4, 0.5) is 5.13 Å². The van der Waals surface area contributed by atoms with E-state index in [0.29, 0.717) is 4.34 Å². The number of nitrogens with zero attached hydrogens (tertiary/aromatic N) is 2. The van der Waals surface area contributed by atoms with Gasteiger partial charge in [-0.3, -0.25) is 9.52 Å². The predicted molar refractivity (Wildman–Crippen MR) is 80.3 cm³/mol. The third-order valence-electron chi connectivity index (χ3n) is 2.25. The number of nitrogens with one attached hydrogen (secondary N) is 1. The first-order valence-electron chi connectivity index (χ1n) is 5.64. The highest BCUT2D eigenvalue weighted by atomic mass is 32.2. The Labute approximate surface area is 129 Å². The smallest absolute Gasteiger partial charge is 0.313 e. The SMILES string of the molecule is Cc1cccc(S(=O)(=O)Nc2nnc(SCC(=O)O)s2)c1. The first-order valence-corrected chi connectivity index (χ1v) is 8.93. The van der Waals surface area contributed by atoms with E-state index in [1.165, 1.54) is 6.07 Å². The van der Waals surface area contributed by atoms with Gasteiger partial charge in [0, 0.05) is 0 Å². The predicted octanol–water partition coefficient (Wildman–Crippen LogP) is 1.82. The number of rotatable bonds is 6. The van der Waals surface area contributed by atoms with E-state index < -0.39 is 16.0 Å². The molecule has 0 aliphatic rings. The number of benzene rings is 1. The third kappa shape index (κ3) is 4.41. The van der Waals surface area contributed by atoms with Crippen molar-refractivity contribution in [1.29, 1.82) is 0 Å². The van der Waals surface area contributed by atoms with Gasteiger partial charge in [-0.05, 0) is 24.6 Å². The molecule has 0 spiro atoms. The number of hydrogen-bond donors (Lipinski definition) is 2. The second kappa shape index (κ2) is 6.41. The standard InChI is InChI=1S/C11H11N3O4S3/c1-7-3-2-4-8(5-7)21(17,18)14-10-12-13-11(20-10)19-6-9(15)16/h2-5H,6H2,1H3,(H,12,14)(H,15,16). The summed E-state index contributed by atoms with van der Waals surface area (Å²) in [6, 6.07) is 6.47. The summed E-state index contributed by atoms with van der Waals surface area (Å²) >= 11 is 1.97. The number of aliphatic carboxylic acids is 1. The van der Waals surface area contributed by atoms with Gasteiger partial charge >= 0.3 is 5.97 Å². The van der Waals surface area contributed by atoms with Gasteiger partial charge in [-0.1, -0.05) is 35.2 Å². The average molecular weight is 345 g/mol. The second-order valence-electron chi connectivity index (χ2n) is 3.98. The molecule has 21 heavy (non-hydrogen) atoms. The first-order chi connectivity index (χ1) is 9.87. The Morgan fingerprint density at radius 2 is 2.19 bits per heavy atom. The zero-order valence-electron chi connectivity index (χ0n) is 10.8. The van der Waals surface area contributed by atoms with Crippen molar-refractivity contribution in [3.63, 3.8) is 0 Å². The van der Waals surface area contributed by atoms with E-state index in [1.54, 1.807) is 25.1 Å². The number of aromatic nitrogens is 2. The van der Waals surface area contributed by atoms with Crippen molar-refractivity contribution >= 4 is 44.2 Å². The largest absolute Gasteiger partial charge is 0.481 e. The molecule has 0 radical (unpaired) electrons. The number of aryl methyl sites for hydroxylation is 1. The van der Waals surface area contributed by atoms with Crippen molar-refractivity contribution in [1.82, 2.24) is 10.2 Å². The molecule has 0 saturated carbocycles. The van der Waals surface area contributed by atoms with Crippen LogP contribution in [0.15, 0.2) is 33.5 Å². The monoisotopic (exact) mass is 345 g/mol. The van der Waals surface area contributed by atoms with Gasteiger partial charge in [-0.25, -0.2) is 8.42 Å². The Bertz CT molecular complexity index is 758. The van der Waals surface area contributed by atoms with E-state index >= 15 is 0 Å². The fourth-order valence-corrected chi connectivity index (χ4v) is 4.20. The quantitative estimate of drug-likeness (QED) is 0.769. The van der Waals surface area contributed by atoms with Gasteiger partial charge in [-0.15, -0.1) is 10.2 Å². The van der Waals surface area contributed by atoms with Crippen LogP contribution in [0.1, 0.15) is 5.56 Å². The summed E-state index contributed by atoms with van der Waals surface area (Å²) < 4.78 is 27.0. The fraction of sp³-hybridized carbons (Fsp3) is 0.182. The lowest BCUT2D eigenvalue weighted by molar-refractivity contribution is -0.133. The normalized spacial score (nSPS) is 11.3. The van der Waals surface area contributed by atoms with Gasteiger partial charge in [0.25, 0.3) is 10.0 Å². The Hall–Kier alpha value is -1.65. The number of sulfonamides is 1. The molecule has 0 amide bonds. The van der Waals surface area contributed by atoms with E-state index in [9.17, 15) is 13.2 Å². The third-order valence-corrected chi connectivity index (χ3v) is 5.67. The first kappa shape index (κ1) is 15.7. The molecule has 112 valence electrons. The van der Waals surface area contributed by atoms with Gasteiger partial charge in [0.1, 0.15) is 0 Å². The summed E-state index contributed by atoms with van der Waals surface area (Å²) in [6.07, 6.45) is 0. The number of anilines is 1. The van der Waals surface area contributed by atoms with Gasteiger partial charge in [0.15, 0.2) is 4.34 Å². The molecule has 0 saturated heterocycles. The van der Waals surface area contributed by atoms with Gasteiger partial charge in [0.2, 0.25) is 5.13 Å². The number of carboxylic acids is 1. The zero-order chi connectivity index (χ0) is 15.5. The molecular formula is C11H11N3O4S3. The number of thioether (sulfide) groups is 1. The lowest BCUT2D eigenvalue weighted by Crippen LogP contribution is -2.12. The number of carboxylic acid groups (broad SMARTS) is 1. The maximum Gasteiger partial charge on any atom is 0.313 e. The van der Waals surface area contributed by atoms with Gasteiger partial charge in [-0.2, -0.15) is 0 Å². The molecule has 0 unspecified atom stereocenters.